The van der Waals surface area contributed by atoms with Crippen LogP contribution in [0.25, 0.3) is 0 Å². The maximum Gasteiger partial charge on any atom is 0.256 e. The van der Waals surface area contributed by atoms with Crippen molar-refractivity contribution >= 4 is 50.7 Å². The molecule has 1 amide bonds. The number of halogens is 4. The lowest BCUT2D eigenvalue weighted by Crippen LogP contribution is -2.13. The molecule has 0 aliphatic heterocycles. The minimum atomic E-state index is -0.664. The highest BCUT2D eigenvalue weighted by Gasteiger charge is 2.13. The van der Waals surface area contributed by atoms with Crippen molar-refractivity contribution in [3.63, 3.8) is 0 Å². The molecule has 2 aromatic carbocycles. The lowest BCUT2D eigenvalue weighted by Gasteiger charge is -2.08. The average molecular weight is 363 g/mol. The van der Waals surface area contributed by atoms with Gasteiger partial charge in [-0.1, -0.05) is 29.3 Å². The van der Waals surface area contributed by atoms with E-state index in [9.17, 15) is 9.18 Å². The summed E-state index contributed by atoms with van der Waals surface area (Å²) in [7, 11) is 0. The summed E-state index contributed by atoms with van der Waals surface area (Å²) in [6.45, 7) is 0. The summed E-state index contributed by atoms with van der Waals surface area (Å²) < 4.78 is 14.2. The van der Waals surface area contributed by atoms with Gasteiger partial charge in [-0.3, -0.25) is 4.79 Å². The second-order valence-corrected chi connectivity index (χ2v) is 5.38. The van der Waals surface area contributed by atoms with Gasteiger partial charge < -0.3 is 5.32 Å². The molecule has 19 heavy (non-hydrogen) atoms. The quantitative estimate of drug-likeness (QED) is 0.786. The second kappa shape index (κ2) is 5.90. The molecule has 0 saturated heterocycles. The number of hydrogen-bond acceptors (Lipinski definition) is 1. The molecule has 0 aliphatic rings. The smallest absolute Gasteiger partial charge is 0.256 e. The Hall–Kier alpha value is -1.10. The largest absolute Gasteiger partial charge is 0.319 e. The monoisotopic (exact) mass is 361 g/mol. The molecule has 0 heterocycles. The zero-order chi connectivity index (χ0) is 14.0. The van der Waals surface area contributed by atoms with Crippen LogP contribution in [0.4, 0.5) is 10.1 Å². The van der Waals surface area contributed by atoms with Crippen LogP contribution < -0.4 is 5.32 Å². The number of anilines is 1. The van der Waals surface area contributed by atoms with Gasteiger partial charge >= 0.3 is 0 Å². The summed E-state index contributed by atoms with van der Waals surface area (Å²) in [4.78, 5) is 12.0. The van der Waals surface area contributed by atoms with Crippen LogP contribution in [0, 0.1) is 5.82 Å². The number of carbonyl (C=O) groups is 1. The Morgan fingerprint density at radius 3 is 2.63 bits per heavy atom. The molecule has 0 bridgehead atoms. The van der Waals surface area contributed by atoms with E-state index in [1.807, 2.05) is 0 Å². The zero-order valence-electron chi connectivity index (χ0n) is 9.38. The first kappa shape index (κ1) is 14.3. The minimum absolute atomic E-state index is 0.0272. The Kier molecular flexibility index (Phi) is 4.45. The van der Waals surface area contributed by atoms with Gasteiger partial charge in [-0.2, -0.15) is 0 Å². The van der Waals surface area contributed by atoms with E-state index < -0.39 is 11.7 Å². The van der Waals surface area contributed by atoms with Crippen LogP contribution in [0.15, 0.2) is 40.9 Å². The van der Waals surface area contributed by atoms with Gasteiger partial charge in [0.05, 0.1) is 16.3 Å². The van der Waals surface area contributed by atoms with E-state index in [1.54, 1.807) is 24.3 Å². The van der Waals surface area contributed by atoms with Gasteiger partial charge in [0.1, 0.15) is 0 Å². The highest BCUT2D eigenvalue weighted by atomic mass is 79.9. The van der Waals surface area contributed by atoms with Gasteiger partial charge in [-0.05, 0) is 46.3 Å². The van der Waals surface area contributed by atoms with Gasteiger partial charge in [0.25, 0.3) is 5.91 Å². The lowest BCUT2D eigenvalue weighted by atomic mass is 10.2. The van der Waals surface area contributed by atoms with Crippen LogP contribution >= 0.6 is 39.1 Å². The van der Waals surface area contributed by atoms with Crippen molar-refractivity contribution in [3.8, 4) is 0 Å². The maximum atomic E-state index is 13.7. The normalized spacial score (nSPS) is 10.3. The van der Waals surface area contributed by atoms with E-state index >= 15 is 0 Å². The summed E-state index contributed by atoms with van der Waals surface area (Å²) in [5.74, 6) is -1.12. The number of amides is 1. The zero-order valence-corrected chi connectivity index (χ0v) is 12.5. The van der Waals surface area contributed by atoms with Crippen LogP contribution in [0.5, 0.6) is 0 Å². The fourth-order valence-electron chi connectivity index (χ4n) is 1.46. The Labute approximate surface area is 127 Å². The van der Waals surface area contributed by atoms with Crippen molar-refractivity contribution in [1.29, 1.82) is 0 Å². The van der Waals surface area contributed by atoms with Crippen molar-refractivity contribution < 1.29 is 9.18 Å². The SMILES string of the molecule is O=C(Nc1cccc(Cl)c1F)c1ccc(Cl)cc1Br. The first-order valence-electron chi connectivity index (χ1n) is 5.19. The highest BCUT2D eigenvalue weighted by Crippen LogP contribution is 2.25. The van der Waals surface area contributed by atoms with Crippen molar-refractivity contribution in [2.24, 2.45) is 0 Å². The van der Waals surface area contributed by atoms with Crippen LogP contribution in [-0.2, 0) is 0 Å². The Morgan fingerprint density at radius 2 is 1.95 bits per heavy atom. The molecule has 0 spiro atoms. The fraction of sp³-hybridized carbons (Fsp3) is 0. The van der Waals surface area contributed by atoms with Crippen molar-refractivity contribution in [3.05, 3.63) is 62.3 Å². The number of nitrogens with one attached hydrogen (secondary N) is 1. The van der Waals surface area contributed by atoms with Crippen LogP contribution in [0.2, 0.25) is 10.0 Å². The minimum Gasteiger partial charge on any atom is -0.319 e. The molecule has 0 fully saturated rings. The van der Waals surface area contributed by atoms with Crippen molar-refractivity contribution in [1.82, 2.24) is 0 Å². The van der Waals surface area contributed by atoms with Crippen LogP contribution in [0.1, 0.15) is 10.4 Å². The molecule has 98 valence electrons. The summed E-state index contributed by atoms with van der Waals surface area (Å²) in [6, 6.07) is 9.11. The molecule has 6 heteroatoms. The Morgan fingerprint density at radius 1 is 1.21 bits per heavy atom. The molecule has 2 rings (SSSR count). The number of hydrogen-bond donors (Lipinski definition) is 1. The number of carbonyl (C=O) groups excluding carboxylic acids is 1. The molecule has 0 radical (unpaired) electrons. The van der Waals surface area contributed by atoms with Crippen LogP contribution in [0.3, 0.4) is 0 Å². The third kappa shape index (κ3) is 3.26. The van der Waals surface area contributed by atoms with Crippen LogP contribution in [-0.4, -0.2) is 5.91 Å². The molecule has 0 atom stereocenters. The molecule has 2 nitrogen and oxygen atoms in total. The summed E-state index contributed by atoms with van der Waals surface area (Å²) in [5.41, 5.74) is 0.378. The van der Waals surface area contributed by atoms with E-state index in [4.69, 9.17) is 23.2 Å². The first-order valence-corrected chi connectivity index (χ1v) is 6.74. The molecule has 1 N–H and O–H groups in total. The Bertz CT molecular complexity index is 649. The topological polar surface area (TPSA) is 29.1 Å². The average Bonchev–Trinajstić information content (AvgIpc) is 2.34. The maximum absolute atomic E-state index is 13.7. The third-order valence-corrected chi connectivity index (χ3v) is 3.56. The van der Waals surface area contributed by atoms with E-state index in [-0.39, 0.29) is 10.7 Å². The second-order valence-electron chi connectivity index (χ2n) is 3.68. The summed E-state index contributed by atoms with van der Waals surface area (Å²) in [5, 5.41) is 2.91. The molecule has 0 unspecified atom stereocenters. The first-order chi connectivity index (χ1) is 8.99. The summed E-state index contributed by atoms with van der Waals surface area (Å²) >= 11 is 14.7. The molecule has 0 aliphatic carbocycles. The van der Waals surface area contributed by atoms with Gasteiger partial charge in [-0.15, -0.1) is 0 Å². The highest BCUT2D eigenvalue weighted by molar-refractivity contribution is 9.10. The predicted octanol–water partition coefficient (Wildman–Crippen LogP) is 5.15. The predicted molar refractivity (Wildman–Crippen MR) is 78.5 cm³/mol. The van der Waals surface area contributed by atoms with Gasteiger partial charge in [-0.25, -0.2) is 4.39 Å². The number of benzene rings is 2. The Balaban J connectivity index is 2.28. The van der Waals surface area contributed by atoms with E-state index in [0.29, 0.717) is 15.1 Å². The van der Waals surface area contributed by atoms with Crippen molar-refractivity contribution in [2.75, 3.05) is 5.32 Å². The van der Waals surface area contributed by atoms with E-state index in [0.717, 1.165) is 0 Å². The standard InChI is InChI=1S/C13H7BrCl2FNO/c14-9-6-7(15)4-5-8(9)13(19)18-11-3-1-2-10(16)12(11)17/h1-6H,(H,18,19). The number of rotatable bonds is 2. The van der Waals surface area contributed by atoms with Gasteiger partial charge in [0, 0.05) is 9.50 Å². The molecular formula is C13H7BrCl2FNO. The third-order valence-electron chi connectivity index (χ3n) is 2.38. The van der Waals surface area contributed by atoms with E-state index in [1.165, 1.54) is 12.1 Å². The van der Waals surface area contributed by atoms with Crippen molar-refractivity contribution in [2.45, 2.75) is 0 Å². The molecule has 0 aromatic heterocycles. The lowest BCUT2D eigenvalue weighted by molar-refractivity contribution is 0.102. The molecular weight excluding hydrogens is 356 g/mol. The molecule has 0 saturated carbocycles. The molecule has 2 aromatic rings. The summed E-state index contributed by atoms with van der Waals surface area (Å²) in [6.07, 6.45) is 0. The van der Waals surface area contributed by atoms with Gasteiger partial charge in [0.2, 0.25) is 0 Å². The fourth-order valence-corrected chi connectivity index (χ4v) is 2.50. The van der Waals surface area contributed by atoms with E-state index in [2.05, 4.69) is 21.2 Å². The van der Waals surface area contributed by atoms with Gasteiger partial charge in [0.15, 0.2) is 5.82 Å².